The van der Waals surface area contributed by atoms with Gasteiger partial charge in [0, 0.05) is 10.9 Å². The zero-order valence-corrected chi connectivity index (χ0v) is 15.7. The van der Waals surface area contributed by atoms with Gasteiger partial charge in [-0.15, -0.1) is 21.5 Å². The maximum Gasteiger partial charge on any atom is 0.258 e. The molecule has 3 heterocycles. The van der Waals surface area contributed by atoms with Gasteiger partial charge in [0.2, 0.25) is 5.89 Å². The molecule has 132 valence electrons. The van der Waals surface area contributed by atoms with Crippen LogP contribution in [0.15, 0.2) is 65.1 Å². The monoisotopic (exact) mass is 372 g/mol. The van der Waals surface area contributed by atoms with Gasteiger partial charge < -0.3 is 4.42 Å². The molecule has 5 aromatic rings. The van der Waals surface area contributed by atoms with Crippen molar-refractivity contribution >= 4 is 21.6 Å². The van der Waals surface area contributed by atoms with Gasteiger partial charge in [-0.1, -0.05) is 35.9 Å². The van der Waals surface area contributed by atoms with E-state index in [-0.39, 0.29) is 0 Å². The highest BCUT2D eigenvalue weighted by Gasteiger charge is 2.18. The Balaban J connectivity index is 1.57. The molecule has 0 aliphatic heterocycles. The minimum atomic E-state index is 0.531. The van der Waals surface area contributed by atoms with Crippen LogP contribution in [0.3, 0.4) is 0 Å². The van der Waals surface area contributed by atoms with Gasteiger partial charge in [-0.05, 0) is 44.2 Å². The fourth-order valence-electron chi connectivity index (χ4n) is 3.03. The number of hydrogen-bond donors (Lipinski definition) is 0. The quantitative estimate of drug-likeness (QED) is 0.424. The van der Waals surface area contributed by atoms with Gasteiger partial charge in [0.25, 0.3) is 5.89 Å². The van der Waals surface area contributed by atoms with E-state index in [1.165, 1.54) is 5.56 Å². The van der Waals surface area contributed by atoms with Crippen LogP contribution in [0.5, 0.6) is 0 Å². The van der Waals surface area contributed by atoms with E-state index in [9.17, 15) is 0 Å². The van der Waals surface area contributed by atoms with E-state index in [1.807, 2.05) is 66.2 Å². The van der Waals surface area contributed by atoms with E-state index in [4.69, 9.17) is 4.42 Å². The molecular formula is C21H16N4OS. The van der Waals surface area contributed by atoms with Crippen molar-refractivity contribution in [3.8, 4) is 27.9 Å². The first-order chi connectivity index (χ1) is 13.2. The highest BCUT2D eigenvalue weighted by molar-refractivity contribution is 7.21. The molecule has 0 spiro atoms. The zero-order chi connectivity index (χ0) is 18.4. The van der Waals surface area contributed by atoms with Gasteiger partial charge >= 0.3 is 0 Å². The molecule has 0 fully saturated rings. The van der Waals surface area contributed by atoms with Crippen LogP contribution in [0.4, 0.5) is 0 Å². The van der Waals surface area contributed by atoms with Crippen molar-refractivity contribution in [2.24, 2.45) is 0 Å². The Bertz CT molecular complexity index is 1230. The molecule has 0 atom stereocenters. The molecule has 5 rings (SSSR count). The van der Waals surface area contributed by atoms with Gasteiger partial charge in [-0.2, -0.15) is 5.10 Å². The van der Waals surface area contributed by atoms with Crippen molar-refractivity contribution in [2.75, 3.05) is 0 Å². The van der Waals surface area contributed by atoms with Gasteiger partial charge in [0.1, 0.15) is 4.83 Å². The zero-order valence-electron chi connectivity index (χ0n) is 14.9. The van der Waals surface area contributed by atoms with Gasteiger partial charge in [-0.3, -0.25) is 0 Å². The summed E-state index contributed by atoms with van der Waals surface area (Å²) >= 11 is 1.61. The number of para-hydroxylation sites is 1. The van der Waals surface area contributed by atoms with Crippen molar-refractivity contribution in [1.82, 2.24) is 20.0 Å². The summed E-state index contributed by atoms with van der Waals surface area (Å²) in [7, 11) is 0. The molecule has 0 radical (unpaired) electrons. The third-order valence-corrected chi connectivity index (χ3v) is 5.58. The van der Waals surface area contributed by atoms with Gasteiger partial charge in [-0.25, -0.2) is 4.68 Å². The molecule has 0 aliphatic rings. The average Bonchev–Trinajstić information content (AvgIpc) is 3.40. The summed E-state index contributed by atoms with van der Waals surface area (Å²) in [5.41, 5.74) is 4.14. The van der Waals surface area contributed by atoms with Crippen LogP contribution in [0, 0.1) is 13.8 Å². The number of fused-ring (bicyclic) bond motifs is 1. The Morgan fingerprint density at radius 1 is 0.889 bits per heavy atom. The summed E-state index contributed by atoms with van der Waals surface area (Å²) < 4.78 is 7.91. The molecular weight excluding hydrogens is 356 g/mol. The summed E-state index contributed by atoms with van der Waals surface area (Å²) in [6.07, 6.45) is 0. The molecule has 6 heteroatoms. The SMILES string of the molecule is Cc1ccc(-c2nnc(-c3cc4c(C)nn(-c5ccccc5)c4s3)o2)cc1. The van der Waals surface area contributed by atoms with E-state index in [1.54, 1.807) is 11.3 Å². The third kappa shape index (κ3) is 2.74. The summed E-state index contributed by atoms with van der Waals surface area (Å²) in [4.78, 5) is 2.02. The van der Waals surface area contributed by atoms with E-state index in [0.29, 0.717) is 11.8 Å². The first-order valence-corrected chi connectivity index (χ1v) is 9.46. The standard InChI is InChI=1S/C21H16N4OS/c1-13-8-10-15(11-9-13)19-22-23-20(26-19)18-12-17-14(2)24-25(21(17)27-18)16-6-4-3-5-7-16/h3-12H,1-2H3. The fourth-order valence-corrected chi connectivity index (χ4v) is 4.14. The lowest BCUT2D eigenvalue weighted by molar-refractivity contribution is 0.586. The van der Waals surface area contributed by atoms with Gasteiger partial charge in [0.15, 0.2) is 0 Å². The molecule has 5 nitrogen and oxygen atoms in total. The highest BCUT2D eigenvalue weighted by Crippen LogP contribution is 2.36. The van der Waals surface area contributed by atoms with Crippen molar-refractivity contribution in [1.29, 1.82) is 0 Å². The van der Waals surface area contributed by atoms with Crippen LogP contribution >= 0.6 is 11.3 Å². The third-order valence-electron chi connectivity index (χ3n) is 4.48. The van der Waals surface area contributed by atoms with Crippen LogP contribution < -0.4 is 0 Å². The smallest absolute Gasteiger partial charge is 0.258 e. The Morgan fingerprint density at radius 2 is 1.63 bits per heavy atom. The molecule has 3 aromatic heterocycles. The number of aromatic nitrogens is 4. The first-order valence-electron chi connectivity index (χ1n) is 8.64. The second-order valence-corrected chi connectivity index (χ2v) is 7.47. The normalized spacial score (nSPS) is 11.3. The minimum Gasteiger partial charge on any atom is -0.415 e. The van der Waals surface area contributed by atoms with Crippen LogP contribution in [-0.4, -0.2) is 20.0 Å². The van der Waals surface area contributed by atoms with E-state index in [2.05, 4.69) is 28.3 Å². The molecule has 0 bridgehead atoms. The van der Waals surface area contributed by atoms with E-state index in [0.717, 1.165) is 32.0 Å². The predicted molar refractivity (Wildman–Crippen MR) is 107 cm³/mol. The van der Waals surface area contributed by atoms with Crippen LogP contribution in [0.2, 0.25) is 0 Å². The maximum atomic E-state index is 5.94. The lowest BCUT2D eigenvalue weighted by Gasteiger charge is -2.00. The average molecular weight is 372 g/mol. The molecule has 27 heavy (non-hydrogen) atoms. The molecule has 0 aliphatic carbocycles. The lowest BCUT2D eigenvalue weighted by atomic mass is 10.1. The molecule has 0 amide bonds. The second kappa shape index (κ2) is 6.17. The number of rotatable bonds is 3. The molecule has 2 aromatic carbocycles. The number of aryl methyl sites for hydroxylation is 2. The Hall–Kier alpha value is -3.25. The van der Waals surface area contributed by atoms with E-state index < -0.39 is 0 Å². The Kier molecular flexibility index (Phi) is 3.65. The first kappa shape index (κ1) is 16.0. The lowest BCUT2D eigenvalue weighted by Crippen LogP contribution is -1.94. The molecule has 0 saturated heterocycles. The number of hydrogen-bond acceptors (Lipinski definition) is 5. The maximum absolute atomic E-state index is 5.94. The molecule has 0 N–H and O–H groups in total. The Morgan fingerprint density at radius 3 is 2.41 bits per heavy atom. The highest BCUT2D eigenvalue weighted by atomic mass is 32.1. The Labute approximate surface area is 159 Å². The van der Waals surface area contributed by atoms with E-state index >= 15 is 0 Å². The molecule has 0 saturated carbocycles. The summed E-state index contributed by atoms with van der Waals surface area (Å²) in [6.45, 7) is 4.07. The summed E-state index contributed by atoms with van der Waals surface area (Å²) in [6, 6.07) is 20.3. The van der Waals surface area contributed by atoms with Crippen LogP contribution in [-0.2, 0) is 0 Å². The van der Waals surface area contributed by atoms with Crippen molar-refractivity contribution in [2.45, 2.75) is 13.8 Å². The fraction of sp³-hybridized carbons (Fsp3) is 0.0952. The predicted octanol–water partition coefficient (Wildman–Crippen LogP) is 5.42. The second-order valence-electron chi connectivity index (χ2n) is 6.44. The summed E-state index contributed by atoms with van der Waals surface area (Å²) in [5, 5.41) is 14.3. The number of thiophene rings is 1. The minimum absolute atomic E-state index is 0.531. The van der Waals surface area contributed by atoms with Crippen LogP contribution in [0.25, 0.3) is 38.1 Å². The van der Waals surface area contributed by atoms with Crippen LogP contribution in [0.1, 0.15) is 11.3 Å². The number of nitrogens with zero attached hydrogens (tertiary/aromatic N) is 4. The van der Waals surface area contributed by atoms with Crippen molar-refractivity contribution in [3.63, 3.8) is 0 Å². The van der Waals surface area contributed by atoms with Gasteiger partial charge in [0.05, 0.1) is 16.3 Å². The number of benzene rings is 2. The van der Waals surface area contributed by atoms with Crippen molar-refractivity contribution < 1.29 is 4.42 Å². The summed E-state index contributed by atoms with van der Waals surface area (Å²) in [5.74, 6) is 1.06. The largest absolute Gasteiger partial charge is 0.415 e. The van der Waals surface area contributed by atoms with Crippen molar-refractivity contribution in [3.05, 3.63) is 71.9 Å². The molecule has 0 unspecified atom stereocenters. The topological polar surface area (TPSA) is 56.7 Å².